The number of rotatable bonds is 4. The van der Waals surface area contributed by atoms with Crippen molar-refractivity contribution in [3.8, 4) is 0 Å². The van der Waals surface area contributed by atoms with Crippen LogP contribution in [0.25, 0.3) is 10.9 Å². The Morgan fingerprint density at radius 3 is 2.70 bits per heavy atom. The number of nitrogens with zero attached hydrogens (tertiary/aromatic N) is 4. The number of benzene rings is 1. The van der Waals surface area contributed by atoms with E-state index in [1.165, 1.54) is 0 Å². The Morgan fingerprint density at radius 1 is 1.26 bits per heavy atom. The van der Waals surface area contributed by atoms with Gasteiger partial charge in [-0.1, -0.05) is 51.3 Å². The van der Waals surface area contributed by atoms with Crippen LogP contribution in [0.15, 0.2) is 51.0 Å². The second-order valence-corrected chi connectivity index (χ2v) is 8.42. The topological polar surface area (TPSA) is 127 Å². The van der Waals surface area contributed by atoms with Crippen molar-refractivity contribution in [1.29, 1.82) is 0 Å². The zero-order valence-corrected chi connectivity index (χ0v) is 16.8. The van der Waals surface area contributed by atoms with Gasteiger partial charge in [0.2, 0.25) is 8.47 Å². The molecule has 138 valence electrons. The molecular formula is C16H11IN4O5S. The maximum absolute atomic E-state index is 12.7. The molecule has 0 radical (unpaired) electrons. The van der Waals surface area contributed by atoms with E-state index in [9.17, 15) is 18.0 Å². The van der Waals surface area contributed by atoms with Gasteiger partial charge in [-0.2, -0.15) is 8.42 Å². The number of hydrogen-bond acceptors (Lipinski definition) is 8. The lowest BCUT2D eigenvalue weighted by atomic mass is 10.0. The predicted octanol–water partition coefficient (Wildman–Crippen LogP) is 1.75. The van der Waals surface area contributed by atoms with Gasteiger partial charge in [0.05, 0.1) is 17.8 Å². The molecule has 11 heteroatoms. The lowest BCUT2D eigenvalue weighted by Gasteiger charge is -2.22. The number of carbonyl (C=O) groups excluding carboxylic acids is 2. The summed E-state index contributed by atoms with van der Waals surface area (Å²) in [6, 6.07) is 10.6. The van der Waals surface area contributed by atoms with Gasteiger partial charge in [-0.05, 0) is 19.1 Å². The molecule has 1 aliphatic heterocycles. The molecule has 0 saturated carbocycles. The molecule has 1 atom stereocenters. The third-order valence-corrected chi connectivity index (χ3v) is 6.68. The molecule has 2 aromatic rings. The first-order valence-electron chi connectivity index (χ1n) is 7.57. The molecule has 0 N–H and O–H groups in total. The zero-order valence-electron chi connectivity index (χ0n) is 13.8. The molecule has 3 rings (SSSR count). The Hall–Kier alpha value is -2.50. The van der Waals surface area contributed by atoms with Crippen LogP contribution in [0.2, 0.25) is 0 Å². The number of alkyl halides is 1. The highest BCUT2D eigenvalue weighted by Gasteiger charge is 2.57. The predicted molar refractivity (Wildman–Crippen MR) is 106 cm³/mol. The first-order valence-corrected chi connectivity index (χ1v) is 10.1. The van der Waals surface area contributed by atoms with Crippen LogP contribution in [0, 0.1) is 0 Å². The van der Waals surface area contributed by atoms with E-state index in [0.29, 0.717) is 5.52 Å². The van der Waals surface area contributed by atoms with Crippen LogP contribution in [0.5, 0.6) is 0 Å². The van der Waals surface area contributed by atoms with Crippen molar-refractivity contribution in [2.45, 2.75) is 10.3 Å². The number of esters is 1. The van der Waals surface area contributed by atoms with Crippen LogP contribution in [0.1, 0.15) is 12.6 Å². The Morgan fingerprint density at radius 2 is 2.00 bits per heavy atom. The average molecular weight is 498 g/mol. The van der Waals surface area contributed by atoms with Crippen LogP contribution >= 0.6 is 22.6 Å². The van der Waals surface area contributed by atoms with Crippen LogP contribution in [-0.4, -0.2) is 46.2 Å². The maximum Gasteiger partial charge on any atom is 0.335 e. The number of pyridine rings is 1. The summed E-state index contributed by atoms with van der Waals surface area (Å²) >= 11 is 1.59. The molecule has 1 unspecified atom stereocenters. The van der Waals surface area contributed by atoms with Crippen LogP contribution < -0.4 is 0 Å². The van der Waals surface area contributed by atoms with Crippen LogP contribution in [-0.2, 0) is 24.3 Å². The third kappa shape index (κ3) is 3.29. The van der Waals surface area contributed by atoms with Crippen molar-refractivity contribution in [2.75, 3.05) is 6.61 Å². The van der Waals surface area contributed by atoms with E-state index in [1.54, 1.807) is 53.8 Å². The van der Waals surface area contributed by atoms with Gasteiger partial charge in [0.1, 0.15) is 5.71 Å². The Labute approximate surface area is 167 Å². The largest absolute Gasteiger partial charge is 0.464 e. The first-order chi connectivity index (χ1) is 12.8. The molecule has 1 aromatic carbocycles. The van der Waals surface area contributed by atoms with Crippen molar-refractivity contribution in [2.24, 2.45) is 14.6 Å². The van der Waals surface area contributed by atoms with Crippen molar-refractivity contribution < 1.29 is 22.7 Å². The fraction of sp³-hybridized carbons (Fsp3) is 0.188. The second kappa shape index (κ2) is 7.25. The molecular weight excluding hydrogens is 487 g/mol. The SMILES string of the molecule is CCOC(=O)C1(I)C(c2ccc3ccccc3n2)=NN=C1S(=O)(=O)N=C=O. The fourth-order valence-electron chi connectivity index (χ4n) is 2.50. The van der Waals surface area contributed by atoms with Gasteiger partial charge >= 0.3 is 16.0 Å². The number of halogens is 1. The Balaban J connectivity index is 2.17. The second-order valence-electron chi connectivity index (χ2n) is 5.28. The number of sulfonamides is 1. The summed E-state index contributed by atoms with van der Waals surface area (Å²) in [6.07, 6.45) is 0.957. The van der Waals surface area contributed by atoms with Crippen molar-refractivity contribution in [3.63, 3.8) is 0 Å². The van der Waals surface area contributed by atoms with Crippen LogP contribution in [0.3, 0.4) is 0 Å². The molecule has 1 aliphatic rings. The number of hydrogen-bond donors (Lipinski definition) is 0. The summed E-state index contributed by atoms with van der Waals surface area (Å²) < 4.78 is 30.4. The Bertz CT molecular complexity index is 1150. The number of carbonyl (C=O) groups is 1. The summed E-state index contributed by atoms with van der Waals surface area (Å²) in [4.78, 5) is 27.6. The van der Waals surface area contributed by atoms with E-state index in [-0.39, 0.29) is 18.0 Å². The van der Waals surface area contributed by atoms with E-state index in [2.05, 4.69) is 19.6 Å². The number of ether oxygens (including phenoxy) is 1. The van der Waals surface area contributed by atoms with E-state index in [1.807, 2.05) is 12.1 Å². The standard InChI is InChI=1S/C16H11IN4O5S/c1-2-26-15(23)16(17)13(20-21-14(16)27(24,25)18-9-22)12-8-7-10-5-3-4-6-11(10)19-12/h3-8H,2H2,1H3. The van der Waals surface area contributed by atoms with E-state index >= 15 is 0 Å². The molecule has 2 heterocycles. The maximum atomic E-state index is 12.7. The minimum atomic E-state index is -4.56. The summed E-state index contributed by atoms with van der Waals surface area (Å²) in [6.45, 7) is 1.58. The molecule has 0 amide bonds. The smallest absolute Gasteiger partial charge is 0.335 e. The molecule has 0 aliphatic carbocycles. The highest BCUT2D eigenvalue weighted by Crippen LogP contribution is 2.35. The minimum Gasteiger partial charge on any atom is -0.464 e. The zero-order chi connectivity index (χ0) is 19.7. The Kier molecular flexibility index (Phi) is 5.18. The summed E-state index contributed by atoms with van der Waals surface area (Å²) in [7, 11) is -4.56. The third-order valence-electron chi connectivity index (χ3n) is 3.66. The molecule has 0 saturated heterocycles. The number of isocyanates is 1. The van der Waals surface area contributed by atoms with Gasteiger partial charge in [-0.25, -0.2) is 14.6 Å². The normalized spacial score (nSPS) is 19.2. The molecule has 0 spiro atoms. The highest BCUT2D eigenvalue weighted by atomic mass is 127. The monoisotopic (exact) mass is 498 g/mol. The average Bonchev–Trinajstić information content (AvgIpc) is 3.01. The first kappa shape index (κ1) is 19.3. The van der Waals surface area contributed by atoms with E-state index in [4.69, 9.17) is 4.74 Å². The van der Waals surface area contributed by atoms with Gasteiger partial charge in [0.25, 0.3) is 6.08 Å². The molecule has 1 aromatic heterocycles. The highest BCUT2D eigenvalue weighted by molar-refractivity contribution is 14.1. The lowest BCUT2D eigenvalue weighted by molar-refractivity contribution is -0.141. The fourth-order valence-corrected chi connectivity index (χ4v) is 4.84. The van der Waals surface area contributed by atoms with E-state index < -0.39 is 24.5 Å². The van der Waals surface area contributed by atoms with Gasteiger partial charge in [-0.3, -0.25) is 0 Å². The lowest BCUT2D eigenvalue weighted by Crippen LogP contribution is -2.49. The van der Waals surface area contributed by atoms with Crippen molar-refractivity contribution in [1.82, 2.24) is 4.98 Å². The van der Waals surface area contributed by atoms with Gasteiger partial charge in [0, 0.05) is 5.39 Å². The molecule has 27 heavy (non-hydrogen) atoms. The van der Waals surface area contributed by atoms with Gasteiger partial charge < -0.3 is 4.74 Å². The summed E-state index contributed by atoms with van der Waals surface area (Å²) in [5.74, 6) is -0.903. The quantitative estimate of drug-likeness (QED) is 0.208. The van der Waals surface area contributed by atoms with E-state index in [0.717, 1.165) is 11.5 Å². The molecule has 9 nitrogen and oxygen atoms in total. The summed E-state index contributed by atoms with van der Waals surface area (Å²) in [5.41, 5.74) is 0.856. The minimum absolute atomic E-state index is 0.00624. The van der Waals surface area contributed by atoms with Crippen molar-refractivity contribution >= 4 is 66.3 Å². The number of fused-ring (bicyclic) bond motifs is 1. The molecule has 0 fully saturated rings. The summed E-state index contributed by atoms with van der Waals surface area (Å²) in [5, 5.41) is 7.62. The van der Waals surface area contributed by atoms with Crippen molar-refractivity contribution in [3.05, 3.63) is 42.1 Å². The number of aromatic nitrogens is 1. The van der Waals surface area contributed by atoms with Gasteiger partial charge in [-0.15, -0.1) is 10.2 Å². The number of para-hydroxylation sites is 1. The van der Waals surface area contributed by atoms with Crippen LogP contribution in [0.4, 0.5) is 0 Å². The molecule has 0 bridgehead atoms. The van der Waals surface area contributed by atoms with Gasteiger partial charge in [0.15, 0.2) is 0 Å².